The predicted octanol–water partition coefficient (Wildman–Crippen LogP) is 20.3. The minimum atomic E-state index is -2.98. The van der Waals surface area contributed by atoms with Crippen molar-refractivity contribution < 1.29 is 65.2 Å². The number of hydrogen-bond donors (Lipinski definition) is 10. The lowest BCUT2D eigenvalue weighted by Gasteiger charge is -2.15. The van der Waals surface area contributed by atoms with Crippen molar-refractivity contribution in [1.82, 2.24) is 51.5 Å². The van der Waals surface area contributed by atoms with Crippen molar-refractivity contribution in [2.24, 2.45) is 0 Å². The van der Waals surface area contributed by atoms with Gasteiger partial charge < -0.3 is 75.2 Å². The van der Waals surface area contributed by atoms with Crippen LogP contribution in [0.15, 0.2) is 212 Å². The van der Waals surface area contributed by atoms with Crippen LogP contribution in [0.5, 0.6) is 28.7 Å². The Bertz CT molecular complexity index is 6940. The van der Waals surface area contributed by atoms with Gasteiger partial charge in [-0.2, -0.15) is 13.2 Å². The Morgan fingerprint density at radius 3 is 0.938 bits per heavy atom. The van der Waals surface area contributed by atoms with Crippen LogP contribution in [0.3, 0.4) is 0 Å². The largest absolute Gasteiger partial charge is 0.494 e. The van der Waals surface area contributed by atoms with Crippen LogP contribution in [0.4, 0.5) is 17.6 Å². The number of nitrogens with one attached hydrogen (secondary N) is 10. The maximum Gasteiger partial charge on any atom is 0.387 e. The summed E-state index contributed by atoms with van der Waals surface area (Å²) in [5, 5.41) is 15.2. The van der Waals surface area contributed by atoms with E-state index in [9.17, 15) is 65.5 Å². The van der Waals surface area contributed by atoms with E-state index in [2.05, 4.69) is 75.3 Å². The average molecular weight is 2020 g/mol. The van der Waals surface area contributed by atoms with Gasteiger partial charge in [0.2, 0.25) is 35.4 Å². The van der Waals surface area contributed by atoms with Gasteiger partial charge in [-0.1, -0.05) is 134 Å². The van der Waals surface area contributed by atoms with Gasteiger partial charge in [0.25, 0.3) is 27.8 Å². The summed E-state index contributed by atoms with van der Waals surface area (Å²) in [6, 6.07) is 47.2. The average Bonchev–Trinajstić information content (AvgIpc) is 1.71. The molecule has 5 saturated heterocycles. The molecule has 5 amide bonds. The summed E-state index contributed by atoms with van der Waals surface area (Å²) >= 11 is 12.6. The van der Waals surface area contributed by atoms with E-state index >= 15 is 0 Å². The molecule has 31 heteroatoms. The van der Waals surface area contributed by atoms with Crippen LogP contribution in [-0.4, -0.2) is 117 Å². The number of pyridine rings is 5. The molecule has 758 valence electrons. The van der Waals surface area contributed by atoms with Crippen molar-refractivity contribution in [3.63, 3.8) is 0 Å². The van der Waals surface area contributed by atoms with E-state index in [1.54, 1.807) is 31.2 Å². The molecule has 5 aromatic carbocycles. The zero-order chi connectivity index (χ0) is 101. The molecule has 10 N–H and O–H groups in total. The predicted molar refractivity (Wildman–Crippen MR) is 551 cm³/mol. The lowest BCUT2D eigenvalue weighted by atomic mass is 9.97. The molecule has 5 aromatic heterocycles. The highest BCUT2D eigenvalue weighted by Crippen LogP contribution is 2.45. The number of H-pyrrole nitrogens is 5. The monoisotopic (exact) mass is 2010 g/mol. The number of amides is 5. The summed E-state index contributed by atoms with van der Waals surface area (Å²) in [5.41, 5.74) is 14.1. The van der Waals surface area contributed by atoms with Crippen LogP contribution < -0.4 is 78.1 Å². The number of hydrogen-bond acceptors (Lipinski definition) is 15. The van der Waals surface area contributed by atoms with E-state index in [1.807, 2.05) is 134 Å². The van der Waals surface area contributed by atoms with Gasteiger partial charge in [-0.3, -0.25) is 47.9 Å². The lowest BCUT2D eigenvalue weighted by Crippen LogP contribution is -2.24. The fraction of sp³-hybridized carbons (Fsp3) is 0.386. The first-order valence-electron chi connectivity index (χ1n) is 50.8. The summed E-state index contributed by atoms with van der Waals surface area (Å²) in [6.45, 7) is 4.33. The molecular weight excluding hydrogens is 1900 g/mol. The molecule has 0 radical (unpaired) electrons. The smallest absolute Gasteiger partial charge is 0.387 e. The number of halogens is 6. The van der Waals surface area contributed by atoms with Gasteiger partial charge in [0.15, 0.2) is 11.6 Å². The fourth-order valence-electron chi connectivity index (χ4n) is 19.0. The molecule has 10 heterocycles. The first kappa shape index (κ1) is 103. The van der Waals surface area contributed by atoms with Crippen molar-refractivity contribution in [1.29, 1.82) is 0 Å². The Morgan fingerprint density at radius 1 is 0.331 bits per heavy atom. The van der Waals surface area contributed by atoms with E-state index in [4.69, 9.17) is 42.1 Å². The van der Waals surface area contributed by atoms with Gasteiger partial charge in [0.05, 0.1) is 36.0 Å². The Kier molecular flexibility index (Phi) is 33.5. The second-order valence-electron chi connectivity index (χ2n) is 38.7. The van der Waals surface area contributed by atoms with E-state index < -0.39 is 18.2 Å². The number of rotatable bonds is 32. The van der Waals surface area contributed by atoms with Gasteiger partial charge in [-0.05, 0) is 285 Å². The molecule has 21 rings (SSSR count). The van der Waals surface area contributed by atoms with Gasteiger partial charge in [0.1, 0.15) is 23.0 Å². The van der Waals surface area contributed by atoms with E-state index in [-0.39, 0.29) is 122 Å². The standard InChI is InChI=1S/C25H28N2O3.C23H25ClN2O3.C23H26N2O3.C22H22F2N2O3.C21H19ClF2N2O3/c28-24-14-9-18(26-24)15-22(23-13-12-21(16-5-6-16)25(29)27-23)17-7-10-20(11-8-17)30-19-3-1-2-4-19;1-2-11-29-21-9-5-15(12-19(21)24)18(13-16-6-10-22(27)25-16)20-8-7-17(14-3-4-14)23(28)26-20;1-2-13-28-18-8-5-16(6-9-18)20(14-17-7-12-22(26)24-17)21-11-10-19(15-3-4-15)23(27)25-21;1-2-29-18-9-7-15(20(23)21(18)24)16(11-13-5-10-19(27)25-13)17-8-6-14(12-3-4-12)22(28)26-17;22-16-9-12(3-7-18(16)29-21(23)24)15(10-13-4-8-19(27)25-13)17-6-5-14(11-1-2-11)20(28)26-17/h7-8,10-13,15-16,18-19H,1-6,9,14H2,(H,26,28)(H,27,29);5,7-9,12-14,16H,2-4,6,10-11H2,1H3,(H,25,27)(H,26,28);5-6,8-11,14-15,17H,2-4,7,12-13H2,1H3,(H,24,26)(H,25,27);6-9,11-13H,2-5,10H2,1H3,(H,25,27)(H,26,28);3,5-7,9-11,13,21H,1-2,4,8H2,(H,25,27)(H,26,28)/b22-15+;18-13+;20-14+;16-11+;15-10+/t18-;16-;17-;2*13-/m11111/s1. The lowest BCUT2D eigenvalue weighted by molar-refractivity contribution is -0.120. The van der Waals surface area contributed by atoms with Crippen LogP contribution in [0, 0.1) is 11.6 Å². The number of ether oxygens (including phenoxy) is 5. The van der Waals surface area contributed by atoms with Crippen molar-refractivity contribution in [2.75, 3.05) is 19.8 Å². The minimum absolute atomic E-state index is 0.00178. The number of carbonyl (C=O) groups is 5. The molecule has 25 nitrogen and oxygen atoms in total. The molecule has 5 aliphatic heterocycles. The Morgan fingerprint density at radius 2 is 0.634 bits per heavy atom. The Labute approximate surface area is 846 Å². The van der Waals surface area contributed by atoms with E-state index in [0.29, 0.717) is 132 Å². The first-order valence-corrected chi connectivity index (χ1v) is 51.5. The quantitative estimate of drug-likeness (QED) is 0.0175. The van der Waals surface area contributed by atoms with Crippen LogP contribution in [0.25, 0.3) is 27.9 Å². The summed E-state index contributed by atoms with van der Waals surface area (Å²) in [5.74, 6) is 1.78. The Balaban J connectivity index is 0.000000124. The summed E-state index contributed by atoms with van der Waals surface area (Å²) in [7, 11) is 0. The topological polar surface area (TPSA) is 356 Å². The molecule has 6 aliphatic carbocycles. The normalized spacial score (nSPS) is 20.0. The third-order valence-corrected chi connectivity index (χ3v) is 28.0. The van der Waals surface area contributed by atoms with Crippen molar-refractivity contribution >= 4 is 80.6 Å². The molecule has 11 aliphatic rings. The van der Waals surface area contributed by atoms with Crippen molar-refractivity contribution in [3.8, 4) is 28.7 Å². The van der Waals surface area contributed by atoms with Crippen molar-refractivity contribution in [3.05, 3.63) is 346 Å². The van der Waals surface area contributed by atoms with Gasteiger partial charge in [-0.15, -0.1) is 0 Å². The summed E-state index contributed by atoms with van der Waals surface area (Å²) in [4.78, 5) is 136. The summed E-state index contributed by atoms with van der Waals surface area (Å²) < 4.78 is 81.4. The van der Waals surface area contributed by atoms with Gasteiger partial charge in [-0.25, -0.2) is 4.39 Å². The minimum Gasteiger partial charge on any atom is -0.494 e. The van der Waals surface area contributed by atoms with Crippen LogP contribution in [-0.2, 0) is 24.0 Å². The molecular formula is C114H120Cl2F4N10O15. The molecule has 5 atom stereocenters. The van der Waals surface area contributed by atoms with E-state index in [1.165, 1.54) is 37.1 Å². The molecule has 11 fully saturated rings. The highest BCUT2D eigenvalue weighted by molar-refractivity contribution is 6.32. The molecule has 0 spiro atoms. The number of alkyl halides is 2. The third-order valence-electron chi connectivity index (χ3n) is 27.4. The number of aromatic amines is 5. The third kappa shape index (κ3) is 27.3. The number of carbonyl (C=O) groups excluding carboxylic acids is 5. The molecule has 0 unspecified atom stereocenters. The molecule has 145 heavy (non-hydrogen) atoms. The SMILES string of the molecule is CCCOc1ccc(/C(=C\[C@H]2CCC(=O)N2)c2ccc(C3CC3)c(=O)[nH]2)cc1.CCCOc1ccc(/C(=C\[C@H]2CCC(=O)N2)c2ccc(C3CC3)c(=O)[nH]2)cc1Cl.CCOc1ccc(/C(=C\[C@H]2CCC(=O)N2)c2ccc(C3CC3)c(=O)[nH]2)c(F)c1F.O=C1CC[C@H](/C=C(\c2ccc(OC(F)F)c(Cl)c2)c2ccc(C3CC3)c(=O)[nH]2)N1.O=C1CC[C@H](/C=C(\c2ccc(OC3CCCC3)cc2)c2ccc(C3CC3)c(=O)[nH]2)N1. The zero-order valence-corrected chi connectivity index (χ0v) is 82.7. The first-order chi connectivity index (χ1) is 70.2. The number of aromatic nitrogens is 5. The highest BCUT2D eigenvalue weighted by Gasteiger charge is 2.35. The zero-order valence-electron chi connectivity index (χ0n) is 81.2. The second-order valence-corrected chi connectivity index (χ2v) is 39.5. The van der Waals surface area contributed by atoms with Crippen LogP contribution >= 0.6 is 23.2 Å². The number of benzene rings is 5. The Hall–Kier alpha value is -13.8. The molecule has 6 saturated carbocycles. The maximum atomic E-state index is 14.9. The second kappa shape index (κ2) is 47.4. The van der Waals surface area contributed by atoms with Crippen molar-refractivity contribution in [2.45, 2.75) is 260 Å². The van der Waals surface area contributed by atoms with Crippen LogP contribution in [0.1, 0.15) is 301 Å². The molecule has 0 bridgehead atoms. The summed E-state index contributed by atoms with van der Waals surface area (Å²) in [6.07, 6.45) is 33.0. The van der Waals surface area contributed by atoms with E-state index in [0.717, 1.165) is 193 Å². The molecule has 10 aromatic rings. The fourth-order valence-corrected chi connectivity index (χ4v) is 19.5. The van der Waals surface area contributed by atoms with Gasteiger partial charge >= 0.3 is 6.61 Å². The van der Waals surface area contributed by atoms with Gasteiger partial charge in [0, 0.05) is 152 Å². The highest BCUT2D eigenvalue weighted by atomic mass is 35.5. The van der Waals surface area contributed by atoms with Crippen LogP contribution in [0.2, 0.25) is 10.0 Å². The maximum absolute atomic E-state index is 14.9.